The number of hydrogen-bond acceptors (Lipinski definition) is 2. The first-order chi connectivity index (χ1) is 8.69. The molecule has 2 aromatic carbocycles. The molecule has 18 heavy (non-hydrogen) atoms. The molecule has 2 aromatic rings. The summed E-state index contributed by atoms with van der Waals surface area (Å²) in [6.45, 7) is 0. The summed E-state index contributed by atoms with van der Waals surface area (Å²) in [5.74, 6) is 0.554. The van der Waals surface area contributed by atoms with Gasteiger partial charge >= 0.3 is 0 Å². The zero-order valence-corrected chi connectivity index (χ0v) is 10.6. The molecular weight excluding hydrogens is 250 g/mol. The average molecular weight is 262 g/mol. The molecule has 92 valence electrons. The number of halogens is 1. The first kappa shape index (κ1) is 12.5. The number of anilines is 1. The second kappa shape index (κ2) is 5.56. The highest BCUT2D eigenvalue weighted by Crippen LogP contribution is 2.16. The van der Waals surface area contributed by atoms with E-state index in [0.717, 1.165) is 5.75 Å². The lowest BCUT2D eigenvalue weighted by Gasteiger charge is -2.06. The van der Waals surface area contributed by atoms with E-state index in [1.54, 1.807) is 55.6 Å². The molecule has 0 spiro atoms. The Labute approximate surface area is 110 Å². The maximum atomic E-state index is 11.9. The Balaban J connectivity index is 2.09. The number of amides is 1. The van der Waals surface area contributed by atoms with E-state index in [9.17, 15) is 4.79 Å². The van der Waals surface area contributed by atoms with Crippen LogP contribution in [0.5, 0.6) is 5.75 Å². The van der Waals surface area contributed by atoms with Crippen LogP contribution in [0.4, 0.5) is 5.69 Å². The Kier molecular flexibility index (Phi) is 3.85. The number of carbonyl (C=O) groups is 1. The maximum absolute atomic E-state index is 11.9. The highest BCUT2D eigenvalue weighted by molar-refractivity contribution is 6.30. The average Bonchev–Trinajstić information content (AvgIpc) is 2.41. The monoisotopic (exact) mass is 261 g/mol. The maximum Gasteiger partial charge on any atom is 0.255 e. The molecule has 0 saturated carbocycles. The minimum absolute atomic E-state index is 0.167. The summed E-state index contributed by atoms with van der Waals surface area (Å²) in [6.07, 6.45) is 0. The molecule has 1 amide bonds. The lowest BCUT2D eigenvalue weighted by atomic mass is 10.2. The van der Waals surface area contributed by atoms with Crippen LogP contribution in [0.1, 0.15) is 10.4 Å². The van der Waals surface area contributed by atoms with Crippen LogP contribution >= 0.6 is 11.6 Å². The SMILES string of the molecule is COc1ccc(C(=O)Nc2ccc(Cl)cc2)cc1. The third-order valence-electron chi connectivity index (χ3n) is 2.45. The predicted molar refractivity (Wildman–Crippen MR) is 72.4 cm³/mol. The Morgan fingerprint density at radius 3 is 2.22 bits per heavy atom. The van der Waals surface area contributed by atoms with Crippen molar-refractivity contribution in [3.05, 3.63) is 59.1 Å². The zero-order valence-electron chi connectivity index (χ0n) is 9.81. The number of hydrogen-bond donors (Lipinski definition) is 1. The van der Waals surface area contributed by atoms with Crippen molar-refractivity contribution in [2.75, 3.05) is 12.4 Å². The lowest BCUT2D eigenvalue weighted by Crippen LogP contribution is -2.11. The molecule has 0 radical (unpaired) electrons. The summed E-state index contributed by atoms with van der Waals surface area (Å²) in [5.41, 5.74) is 1.28. The van der Waals surface area contributed by atoms with Gasteiger partial charge in [0.05, 0.1) is 7.11 Å². The molecule has 0 unspecified atom stereocenters. The van der Waals surface area contributed by atoms with Crippen molar-refractivity contribution < 1.29 is 9.53 Å². The fraction of sp³-hybridized carbons (Fsp3) is 0.0714. The van der Waals surface area contributed by atoms with Gasteiger partial charge in [-0.25, -0.2) is 0 Å². The number of benzene rings is 2. The molecule has 3 nitrogen and oxygen atoms in total. The van der Waals surface area contributed by atoms with Crippen molar-refractivity contribution in [2.24, 2.45) is 0 Å². The minimum atomic E-state index is -0.167. The fourth-order valence-electron chi connectivity index (χ4n) is 1.48. The van der Waals surface area contributed by atoms with E-state index in [4.69, 9.17) is 16.3 Å². The number of rotatable bonds is 3. The van der Waals surface area contributed by atoms with Gasteiger partial charge in [-0.05, 0) is 48.5 Å². The lowest BCUT2D eigenvalue weighted by molar-refractivity contribution is 0.102. The molecule has 0 bridgehead atoms. The predicted octanol–water partition coefficient (Wildman–Crippen LogP) is 3.60. The molecule has 0 aliphatic carbocycles. The van der Waals surface area contributed by atoms with E-state index in [1.807, 2.05) is 0 Å². The topological polar surface area (TPSA) is 38.3 Å². The fourth-order valence-corrected chi connectivity index (χ4v) is 1.60. The molecule has 0 saturated heterocycles. The molecule has 0 aliphatic rings. The number of carbonyl (C=O) groups excluding carboxylic acids is 1. The van der Waals surface area contributed by atoms with E-state index in [0.29, 0.717) is 16.3 Å². The van der Waals surface area contributed by atoms with Crippen LogP contribution in [0.25, 0.3) is 0 Å². The van der Waals surface area contributed by atoms with Crippen molar-refractivity contribution >= 4 is 23.2 Å². The Bertz CT molecular complexity index is 535. The Hall–Kier alpha value is -2.00. The Morgan fingerprint density at radius 2 is 1.67 bits per heavy atom. The third-order valence-corrected chi connectivity index (χ3v) is 2.71. The summed E-state index contributed by atoms with van der Waals surface area (Å²) < 4.78 is 5.03. The van der Waals surface area contributed by atoms with Crippen molar-refractivity contribution in [2.45, 2.75) is 0 Å². The quantitative estimate of drug-likeness (QED) is 0.917. The van der Waals surface area contributed by atoms with E-state index < -0.39 is 0 Å². The van der Waals surface area contributed by atoms with Gasteiger partial charge in [0.25, 0.3) is 5.91 Å². The van der Waals surface area contributed by atoms with Crippen LogP contribution < -0.4 is 10.1 Å². The molecule has 0 atom stereocenters. The summed E-state index contributed by atoms with van der Waals surface area (Å²) in [5, 5.41) is 3.42. The van der Waals surface area contributed by atoms with Crippen LogP contribution in [-0.2, 0) is 0 Å². The normalized spacial score (nSPS) is 9.89. The molecule has 0 fully saturated rings. The van der Waals surface area contributed by atoms with Gasteiger partial charge in [-0.3, -0.25) is 4.79 Å². The molecular formula is C14H12ClNO2. The smallest absolute Gasteiger partial charge is 0.255 e. The van der Waals surface area contributed by atoms with E-state index in [2.05, 4.69) is 5.32 Å². The van der Waals surface area contributed by atoms with E-state index in [-0.39, 0.29) is 5.91 Å². The van der Waals surface area contributed by atoms with Gasteiger partial charge in [0, 0.05) is 16.3 Å². The van der Waals surface area contributed by atoms with Gasteiger partial charge in [-0.15, -0.1) is 0 Å². The molecule has 2 rings (SSSR count). The second-order valence-electron chi connectivity index (χ2n) is 3.69. The summed E-state index contributed by atoms with van der Waals surface area (Å²) in [7, 11) is 1.59. The first-order valence-corrected chi connectivity index (χ1v) is 5.78. The van der Waals surface area contributed by atoms with Gasteiger partial charge in [0.1, 0.15) is 5.75 Å². The number of nitrogens with one attached hydrogen (secondary N) is 1. The van der Waals surface area contributed by atoms with Crippen LogP contribution in [0.3, 0.4) is 0 Å². The third kappa shape index (κ3) is 3.02. The highest BCUT2D eigenvalue weighted by atomic mass is 35.5. The number of methoxy groups -OCH3 is 1. The van der Waals surface area contributed by atoms with Crippen LogP contribution in [-0.4, -0.2) is 13.0 Å². The first-order valence-electron chi connectivity index (χ1n) is 5.40. The largest absolute Gasteiger partial charge is 0.497 e. The number of ether oxygens (including phenoxy) is 1. The molecule has 0 aromatic heterocycles. The van der Waals surface area contributed by atoms with Gasteiger partial charge < -0.3 is 10.1 Å². The summed E-state index contributed by atoms with van der Waals surface area (Å²) in [4.78, 5) is 11.9. The van der Waals surface area contributed by atoms with Crippen molar-refractivity contribution in [1.29, 1.82) is 0 Å². The summed E-state index contributed by atoms with van der Waals surface area (Å²) in [6, 6.07) is 13.9. The van der Waals surface area contributed by atoms with Gasteiger partial charge in [-0.2, -0.15) is 0 Å². The van der Waals surface area contributed by atoms with Crippen molar-refractivity contribution in [3.63, 3.8) is 0 Å². The van der Waals surface area contributed by atoms with Gasteiger partial charge in [-0.1, -0.05) is 11.6 Å². The second-order valence-corrected chi connectivity index (χ2v) is 4.13. The highest BCUT2D eigenvalue weighted by Gasteiger charge is 2.05. The van der Waals surface area contributed by atoms with Crippen molar-refractivity contribution in [3.8, 4) is 5.75 Å². The molecule has 0 heterocycles. The van der Waals surface area contributed by atoms with Gasteiger partial charge in [0.15, 0.2) is 0 Å². The van der Waals surface area contributed by atoms with Crippen LogP contribution in [0, 0.1) is 0 Å². The molecule has 1 N–H and O–H groups in total. The molecule has 4 heteroatoms. The standard InChI is InChI=1S/C14H12ClNO2/c1-18-13-8-2-10(3-9-13)14(17)16-12-6-4-11(15)5-7-12/h2-9H,1H3,(H,16,17). The Morgan fingerprint density at radius 1 is 1.06 bits per heavy atom. The van der Waals surface area contributed by atoms with E-state index in [1.165, 1.54) is 0 Å². The van der Waals surface area contributed by atoms with Crippen LogP contribution in [0.2, 0.25) is 5.02 Å². The minimum Gasteiger partial charge on any atom is -0.497 e. The van der Waals surface area contributed by atoms with Crippen molar-refractivity contribution in [1.82, 2.24) is 0 Å². The zero-order chi connectivity index (χ0) is 13.0. The van der Waals surface area contributed by atoms with Crippen LogP contribution in [0.15, 0.2) is 48.5 Å². The van der Waals surface area contributed by atoms with Gasteiger partial charge in [0.2, 0.25) is 0 Å². The molecule has 0 aliphatic heterocycles. The summed E-state index contributed by atoms with van der Waals surface area (Å²) >= 11 is 5.77. The van der Waals surface area contributed by atoms with E-state index >= 15 is 0 Å².